The number of rotatable bonds is 5. The smallest absolute Gasteiger partial charge is 0.264 e. The Balaban J connectivity index is 1.53. The zero-order chi connectivity index (χ0) is 22.2. The van der Waals surface area contributed by atoms with Crippen molar-refractivity contribution in [1.82, 2.24) is 5.32 Å². The van der Waals surface area contributed by atoms with Gasteiger partial charge in [0, 0.05) is 17.1 Å². The second-order valence-electron chi connectivity index (χ2n) is 7.73. The highest BCUT2D eigenvalue weighted by Crippen LogP contribution is 2.33. The molecule has 7 heteroatoms. The summed E-state index contributed by atoms with van der Waals surface area (Å²) in [4.78, 5) is 13.0. The minimum atomic E-state index is -3.64. The number of halogens is 1. The van der Waals surface area contributed by atoms with E-state index in [0.29, 0.717) is 29.2 Å². The van der Waals surface area contributed by atoms with Crippen LogP contribution in [0.2, 0.25) is 5.02 Å². The molecule has 1 aliphatic rings. The number of fused-ring (bicyclic) bond motifs is 1. The lowest BCUT2D eigenvalue weighted by Crippen LogP contribution is -2.29. The Morgan fingerprint density at radius 2 is 1.71 bits per heavy atom. The fourth-order valence-corrected chi connectivity index (χ4v) is 5.34. The molecule has 4 rings (SSSR count). The lowest BCUT2D eigenvalue weighted by Gasteiger charge is -2.20. The van der Waals surface area contributed by atoms with Crippen LogP contribution in [0.4, 0.5) is 5.69 Å². The van der Waals surface area contributed by atoms with Crippen molar-refractivity contribution in [2.45, 2.75) is 31.2 Å². The third-order valence-corrected chi connectivity index (χ3v) is 7.60. The van der Waals surface area contributed by atoms with E-state index >= 15 is 0 Å². The standard InChI is InChI=1S/C24H23ClN2O3S/c1-16-3-10-22(11-4-16)31(29,30)27-14-13-19-15-20(7-12-23(19)27)24(28)26-17(2)18-5-8-21(25)9-6-18/h3-12,15,17H,13-14H2,1-2H3,(H,26,28). The van der Waals surface area contributed by atoms with Crippen LogP contribution in [0, 0.1) is 6.92 Å². The number of anilines is 1. The van der Waals surface area contributed by atoms with Crippen molar-refractivity contribution in [3.8, 4) is 0 Å². The number of nitrogens with zero attached hydrogens (tertiary/aromatic N) is 1. The molecule has 31 heavy (non-hydrogen) atoms. The highest BCUT2D eigenvalue weighted by Gasteiger charge is 2.31. The summed E-state index contributed by atoms with van der Waals surface area (Å²) in [6.45, 7) is 4.18. The topological polar surface area (TPSA) is 66.5 Å². The average Bonchev–Trinajstić information content (AvgIpc) is 3.18. The monoisotopic (exact) mass is 454 g/mol. The Morgan fingerprint density at radius 1 is 1.03 bits per heavy atom. The molecular weight excluding hydrogens is 432 g/mol. The maximum Gasteiger partial charge on any atom is 0.264 e. The summed E-state index contributed by atoms with van der Waals surface area (Å²) in [5.74, 6) is -0.204. The fraction of sp³-hybridized carbons (Fsp3) is 0.208. The Kier molecular flexibility index (Phi) is 5.77. The van der Waals surface area contributed by atoms with Gasteiger partial charge in [-0.2, -0.15) is 0 Å². The van der Waals surface area contributed by atoms with Crippen LogP contribution in [0.15, 0.2) is 71.6 Å². The van der Waals surface area contributed by atoms with Gasteiger partial charge < -0.3 is 5.32 Å². The van der Waals surface area contributed by atoms with Crippen molar-refractivity contribution in [2.75, 3.05) is 10.8 Å². The third kappa shape index (κ3) is 4.31. The second-order valence-corrected chi connectivity index (χ2v) is 10.0. The lowest BCUT2D eigenvalue weighted by atomic mass is 10.1. The molecule has 0 aromatic heterocycles. The van der Waals surface area contributed by atoms with Gasteiger partial charge in [-0.05, 0) is 73.9 Å². The van der Waals surface area contributed by atoms with Gasteiger partial charge in [-0.3, -0.25) is 9.10 Å². The maximum atomic E-state index is 13.1. The van der Waals surface area contributed by atoms with Crippen LogP contribution in [0.25, 0.3) is 0 Å². The first-order valence-electron chi connectivity index (χ1n) is 10.0. The van der Waals surface area contributed by atoms with Crippen molar-refractivity contribution in [3.05, 3.63) is 94.0 Å². The minimum Gasteiger partial charge on any atom is -0.346 e. The number of hydrogen-bond acceptors (Lipinski definition) is 3. The van der Waals surface area contributed by atoms with Crippen molar-refractivity contribution in [3.63, 3.8) is 0 Å². The van der Waals surface area contributed by atoms with Gasteiger partial charge in [0.15, 0.2) is 0 Å². The molecule has 5 nitrogen and oxygen atoms in total. The quantitative estimate of drug-likeness (QED) is 0.596. The molecule has 1 atom stereocenters. The summed E-state index contributed by atoms with van der Waals surface area (Å²) in [5.41, 5.74) is 3.94. The summed E-state index contributed by atoms with van der Waals surface area (Å²) in [6, 6.07) is 19.2. The molecule has 0 radical (unpaired) electrons. The number of amides is 1. The van der Waals surface area contributed by atoms with Gasteiger partial charge in [0.1, 0.15) is 0 Å². The molecule has 0 saturated heterocycles. The van der Waals surface area contributed by atoms with E-state index < -0.39 is 10.0 Å². The van der Waals surface area contributed by atoms with Gasteiger partial charge >= 0.3 is 0 Å². The first-order chi connectivity index (χ1) is 14.8. The van der Waals surface area contributed by atoms with E-state index in [2.05, 4.69) is 5.32 Å². The van der Waals surface area contributed by atoms with Gasteiger partial charge in [-0.25, -0.2) is 8.42 Å². The minimum absolute atomic E-state index is 0.184. The number of benzene rings is 3. The molecule has 0 saturated carbocycles. The SMILES string of the molecule is Cc1ccc(S(=O)(=O)N2CCc3cc(C(=O)NC(C)c4ccc(Cl)cc4)ccc32)cc1. The van der Waals surface area contributed by atoms with Crippen LogP contribution in [-0.2, 0) is 16.4 Å². The first-order valence-corrected chi connectivity index (χ1v) is 11.9. The van der Waals surface area contributed by atoms with E-state index in [9.17, 15) is 13.2 Å². The molecule has 3 aromatic carbocycles. The normalized spacial score (nSPS) is 14.2. The molecule has 0 fully saturated rings. The van der Waals surface area contributed by atoms with E-state index in [1.165, 1.54) is 4.31 Å². The summed E-state index contributed by atoms with van der Waals surface area (Å²) in [7, 11) is -3.64. The molecule has 1 N–H and O–H groups in total. The van der Waals surface area contributed by atoms with Crippen LogP contribution in [-0.4, -0.2) is 20.9 Å². The number of sulfonamides is 1. The predicted octanol–water partition coefficient (Wildman–Crippen LogP) is 4.89. The molecule has 1 amide bonds. The summed E-state index contributed by atoms with van der Waals surface area (Å²) in [5, 5.41) is 3.63. The van der Waals surface area contributed by atoms with Gasteiger partial charge in [0.25, 0.3) is 15.9 Å². The maximum absolute atomic E-state index is 13.1. The molecule has 0 aliphatic carbocycles. The van der Waals surface area contributed by atoms with Crippen LogP contribution < -0.4 is 9.62 Å². The number of hydrogen-bond donors (Lipinski definition) is 1. The van der Waals surface area contributed by atoms with Crippen molar-refractivity contribution in [2.24, 2.45) is 0 Å². The molecule has 1 unspecified atom stereocenters. The Morgan fingerprint density at radius 3 is 2.39 bits per heavy atom. The van der Waals surface area contributed by atoms with Crippen molar-refractivity contribution in [1.29, 1.82) is 0 Å². The van der Waals surface area contributed by atoms with Crippen molar-refractivity contribution >= 4 is 33.2 Å². The molecule has 1 aliphatic heterocycles. The van der Waals surface area contributed by atoms with Crippen LogP contribution in [0.3, 0.4) is 0 Å². The summed E-state index contributed by atoms with van der Waals surface area (Å²) in [6.07, 6.45) is 0.564. The predicted molar refractivity (Wildman–Crippen MR) is 123 cm³/mol. The average molecular weight is 455 g/mol. The Hall–Kier alpha value is -2.83. The van der Waals surface area contributed by atoms with E-state index in [0.717, 1.165) is 16.7 Å². The van der Waals surface area contributed by atoms with E-state index in [-0.39, 0.29) is 16.8 Å². The number of nitrogens with one attached hydrogen (secondary N) is 1. The number of carbonyl (C=O) groups is 1. The van der Waals surface area contributed by atoms with Gasteiger partial charge in [0.2, 0.25) is 0 Å². The van der Waals surface area contributed by atoms with Crippen LogP contribution in [0.1, 0.15) is 40.0 Å². The second kappa shape index (κ2) is 8.36. The third-order valence-electron chi connectivity index (χ3n) is 5.52. The Bertz CT molecular complexity index is 1220. The fourth-order valence-electron chi connectivity index (χ4n) is 3.71. The molecule has 3 aromatic rings. The molecule has 1 heterocycles. The zero-order valence-corrected chi connectivity index (χ0v) is 18.9. The number of carbonyl (C=O) groups excluding carboxylic acids is 1. The first kappa shape index (κ1) is 21.4. The molecule has 0 bridgehead atoms. The summed E-state index contributed by atoms with van der Waals surface area (Å²) < 4.78 is 27.6. The molecule has 160 valence electrons. The highest BCUT2D eigenvalue weighted by molar-refractivity contribution is 7.92. The van der Waals surface area contributed by atoms with Crippen LogP contribution >= 0.6 is 11.6 Å². The Labute approximate surface area is 187 Å². The summed E-state index contributed by atoms with van der Waals surface area (Å²) >= 11 is 5.93. The lowest BCUT2D eigenvalue weighted by molar-refractivity contribution is 0.0940. The van der Waals surface area contributed by atoms with Gasteiger partial charge in [0.05, 0.1) is 16.6 Å². The van der Waals surface area contributed by atoms with E-state index in [1.807, 2.05) is 26.0 Å². The van der Waals surface area contributed by atoms with E-state index in [4.69, 9.17) is 11.6 Å². The van der Waals surface area contributed by atoms with Crippen LogP contribution in [0.5, 0.6) is 0 Å². The highest BCUT2D eigenvalue weighted by atomic mass is 35.5. The van der Waals surface area contributed by atoms with Gasteiger partial charge in [-0.15, -0.1) is 0 Å². The molecular formula is C24H23ClN2O3S. The van der Waals surface area contributed by atoms with Crippen molar-refractivity contribution < 1.29 is 13.2 Å². The zero-order valence-electron chi connectivity index (χ0n) is 17.3. The largest absolute Gasteiger partial charge is 0.346 e. The number of aryl methyl sites for hydroxylation is 1. The van der Waals surface area contributed by atoms with Gasteiger partial charge in [-0.1, -0.05) is 41.4 Å². The molecule has 0 spiro atoms. The van der Waals surface area contributed by atoms with E-state index in [1.54, 1.807) is 54.6 Å².